The number of methoxy groups -OCH3 is 1. The van der Waals surface area contributed by atoms with Crippen molar-refractivity contribution in [2.24, 2.45) is 10.9 Å². The molecule has 0 fully saturated rings. The number of rotatable bonds is 4. The van der Waals surface area contributed by atoms with E-state index in [1.807, 2.05) is 19.9 Å². The topological polar surface area (TPSA) is 53.9 Å². The Balaban J connectivity index is 0.00000242. The molecule has 0 bridgehead atoms. The van der Waals surface area contributed by atoms with Crippen LogP contribution < -0.4 is 10.2 Å². The zero-order valence-corrected chi connectivity index (χ0v) is 15.7. The van der Waals surface area contributed by atoms with E-state index in [0.29, 0.717) is 6.54 Å². The molecule has 1 unspecified atom stereocenters. The predicted octanol–water partition coefficient (Wildman–Crippen LogP) is 2.44. The van der Waals surface area contributed by atoms with Gasteiger partial charge in [0.2, 0.25) is 0 Å². The third-order valence-electron chi connectivity index (χ3n) is 3.60. The van der Waals surface area contributed by atoms with Gasteiger partial charge in [-0.05, 0) is 25.0 Å². The molecule has 0 spiro atoms. The van der Waals surface area contributed by atoms with E-state index < -0.39 is 0 Å². The minimum atomic E-state index is -0.235. The van der Waals surface area contributed by atoms with Crippen molar-refractivity contribution in [3.63, 3.8) is 0 Å². The van der Waals surface area contributed by atoms with Crippen LogP contribution in [0.4, 0.5) is 5.69 Å². The lowest BCUT2D eigenvalue weighted by atomic mass is 10.2. The minimum Gasteiger partial charge on any atom is -0.469 e. The van der Waals surface area contributed by atoms with Crippen molar-refractivity contribution < 1.29 is 9.53 Å². The average Bonchev–Trinajstić information content (AvgIpc) is 2.94. The van der Waals surface area contributed by atoms with Crippen LogP contribution in [0.1, 0.15) is 19.4 Å². The molecule has 5 nitrogen and oxygen atoms in total. The monoisotopic (exact) mass is 417 g/mol. The quantitative estimate of drug-likeness (QED) is 0.354. The molecule has 22 heavy (non-hydrogen) atoms. The molecular weight excluding hydrogens is 393 g/mol. The van der Waals surface area contributed by atoms with Crippen LogP contribution in [0.5, 0.6) is 0 Å². The third kappa shape index (κ3) is 4.34. The number of benzene rings is 1. The molecule has 1 aliphatic rings. The lowest BCUT2D eigenvalue weighted by molar-refractivity contribution is -0.144. The fourth-order valence-corrected chi connectivity index (χ4v) is 2.45. The fourth-order valence-electron chi connectivity index (χ4n) is 2.45. The van der Waals surface area contributed by atoms with Gasteiger partial charge in [0.1, 0.15) is 0 Å². The summed E-state index contributed by atoms with van der Waals surface area (Å²) in [6.07, 6.45) is 1.02. The van der Waals surface area contributed by atoms with Gasteiger partial charge in [-0.2, -0.15) is 0 Å². The lowest BCUT2D eigenvalue weighted by Gasteiger charge is -2.22. The van der Waals surface area contributed by atoms with E-state index in [1.54, 1.807) is 0 Å². The molecule has 1 N–H and O–H groups in total. The molecule has 1 aliphatic heterocycles. The third-order valence-corrected chi connectivity index (χ3v) is 3.60. The summed E-state index contributed by atoms with van der Waals surface area (Å²) < 4.78 is 4.74. The largest absolute Gasteiger partial charge is 0.469 e. The van der Waals surface area contributed by atoms with Gasteiger partial charge in [0.25, 0.3) is 0 Å². The number of aliphatic imine (C=N–C) groups is 1. The standard InChI is InChI=1S/C16H23N3O2.HI/c1-4-17-16(18-11-12(2)15(20)21-3)19-10-9-13-7-5-6-8-14(13)19;/h5-8,12H,4,9-11H2,1-3H3,(H,17,18);1H. The Bertz CT molecular complexity index is 534. The molecule has 0 aromatic heterocycles. The zero-order valence-electron chi connectivity index (χ0n) is 13.3. The van der Waals surface area contributed by atoms with Gasteiger partial charge in [0.15, 0.2) is 5.96 Å². The van der Waals surface area contributed by atoms with E-state index in [4.69, 9.17) is 4.74 Å². The van der Waals surface area contributed by atoms with Gasteiger partial charge < -0.3 is 15.0 Å². The molecule has 0 radical (unpaired) electrons. The van der Waals surface area contributed by atoms with Crippen molar-refractivity contribution >= 4 is 41.6 Å². The van der Waals surface area contributed by atoms with E-state index in [2.05, 4.69) is 33.4 Å². The number of esters is 1. The Kier molecular flexibility index (Phi) is 7.64. The molecule has 6 heteroatoms. The van der Waals surface area contributed by atoms with E-state index in [-0.39, 0.29) is 35.9 Å². The van der Waals surface area contributed by atoms with E-state index in [1.165, 1.54) is 18.4 Å². The van der Waals surface area contributed by atoms with Crippen LogP contribution in [-0.2, 0) is 16.0 Å². The molecule has 1 atom stereocenters. The Morgan fingerprint density at radius 3 is 2.86 bits per heavy atom. The Morgan fingerprint density at radius 1 is 1.45 bits per heavy atom. The summed E-state index contributed by atoms with van der Waals surface area (Å²) in [6, 6.07) is 8.36. The van der Waals surface area contributed by atoms with Crippen molar-refractivity contribution in [1.82, 2.24) is 5.32 Å². The highest BCUT2D eigenvalue weighted by atomic mass is 127. The summed E-state index contributed by atoms with van der Waals surface area (Å²) in [5, 5.41) is 3.30. The van der Waals surface area contributed by atoms with Crippen molar-refractivity contribution in [2.45, 2.75) is 20.3 Å². The number of halogens is 1. The minimum absolute atomic E-state index is 0. The number of hydrogen-bond donors (Lipinski definition) is 1. The number of hydrogen-bond acceptors (Lipinski definition) is 3. The molecule has 1 aromatic rings. The maximum Gasteiger partial charge on any atom is 0.310 e. The zero-order chi connectivity index (χ0) is 15.2. The maximum absolute atomic E-state index is 11.5. The van der Waals surface area contributed by atoms with E-state index in [0.717, 1.165) is 25.5 Å². The number of carbonyl (C=O) groups excluding carboxylic acids is 1. The van der Waals surface area contributed by atoms with Crippen molar-refractivity contribution in [2.75, 3.05) is 31.6 Å². The lowest BCUT2D eigenvalue weighted by Crippen LogP contribution is -2.41. The first-order valence-electron chi connectivity index (χ1n) is 7.39. The van der Waals surface area contributed by atoms with Crippen LogP contribution in [0.25, 0.3) is 0 Å². The number of anilines is 1. The fraction of sp³-hybridized carbons (Fsp3) is 0.500. The molecule has 2 rings (SSSR count). The summed E-state index contributed by atoms with van der Waals surface area (Å²) in [6.45, 7) is 6.01. The van der Waals surface area contributed by atoms with Crippen LogP contribution in [0.15, 0.2) is 29.3 Å². The Hall–Kier alpha value is -1.31. The van der Waals surface area contributed by atoms with Crippen molar-refractivity contribution in [3.05, 3.63) is 29.8 Å². The van der Waals surface area contributed by atoms with E-state index in [9.17, 15) is 4.79 Å². The Morgan fingerprint density at radius 2 is 2.18 bits per heavy atom. The van der Waals surface area contributed by atoms with Gasteiger partial charge in [0, 0.05) is 18.8 Å². The van der Waals surface area contributed by atoms with Gasteiger partial charge in [-0.25, -0.2) is 0 Å². The highest BCUT2D eigenvalue weighted by molar-refractivity contribution is 14.0. The second-order valence-corrected chi connectivity index (χ2v) is 5.15. The van der Waals surface area contributed by atoms with Gasteiger partial charge in [-0.15, -0.1) is 24.0 Å². The smallest absolute Gasteiger partial charge is 0.310 e. The van der Waals surface area contributed by atoms with Gasteiger partial charge in [-0.1, -0.05) is 25.1 Å². The molecule has 0 saturated carbocycles. The number of fused-ring (bicyclic) bond motifs is 1. The predicted molar refractivity (Wildman–Crippen MR) is 100 cm³/mol. The van der Waals surface area contributed by atoms with Gasteiger partial charge in [-0.3, -0.25) is 9.79 Å². The number of carbonyl (C=O) groups is 1. The highest BCUT2D eigenvalue weighted by Gasteiger charge is 2.23. The van der Waals surface area contributed by atoms with Gasteiger partial charge >= 0.3 is 5.97 Å². The normalized spacial score (nSPS) is 14.9. The molecule has 0 aliphatic carbocycles. The van der Waals surface area contributed by atoms with Crippen molar-refractivity contribution in [3.8, 4) is 0 Å². The first-order chi connectivity index (χ1) is 10.2. The summed E-state index contributed by atoms with van der Waals surface area (Å²) in [5.41, 5.74) is 2.53. The molecular formula is C16H24IN3O2. The second kappa shape index (κ2) is 8.97. The summed E-state index contributed by atoms with van der Waals surface area (Å²) in [7, 11) is 1.41. The summed E-state index contributed by atoms with van der Waals surface area (Å²) >= 11 is 0. The van der Waals surface area contributed by atoms with Crippen LogP contribution in [0.2, 0.25) is 0 Å². The number of guanidine groups is 1. The van der Waals surface area contributed by atoms with Gasteiger partial charge in [0.05, 0.1) is 19.6 Å². The van der Waals surface area contributed by atoms with Crippen LogP contribution >= 0.6 is 24.0 Å². The van der Waals surface area contributed by atoms with Crippen LogP contribution in [0, 0.1) is 5.92 Å². The number of para-hydroxylation sites is 1. The number of nitrogens with zero attached hydrogens (tertiary/aromatic N) is 2. The summed E-state index contributed by atoms with van der Waals surface area (Å²) in [4.78, 5) is 18.3. The summed E-state index contributed by atoms with van der Waals surface area (Å²) in [5.74, 6) is 0.371. The molecule has 1 heterocycles. The molecule has 0 amide bonds. The Labute approximate surface area is 149 Å². The second-order valence-electron chi connectivity index (χ2n) is 5.15. The molecule has 0 saturated heterocycles. The van der Waals surface area contributed by atoms with Crippen LogP contribution in [0.3, 0.4) is 0 Å². The van der Waals surface area contributed by atoms with Crippen molar-refractivity contribution in [1.29, 1.82) is 0 Å². The number of ether oxygens (including phenoxy) is 1. The van der Waals surface area contributed by atoms with E-state index >= 15 is 0 Å². The molecule has 1 aromatic carbocycles. The first-order valence-corrected chi connectivity index (χ1v) is 7.39. The maximum atomic E-state index is 11.5. The SMILES string of the molecule is CCNC(=NCC(C)C(=O)OC)N1CCc2ccccc21.I. The average molecular weight is 417 g/mol. The first kappa shape index (κ1) is 18.7. The van der Waals surface area contributed by atoms with Crippen LogP contribution in [-0.4, -0.2) is 38.7 Å². The highest BCUT2D eigenvalue weighted by Crippen LogP contribution is 2.27. The molecule has 122 valence electrons. The number of nitrogens with one attached hydrogen (secondary N) is 1.